The molecule has 0 bridgehead atoms. The van der Waals surface area contributed by atoms with Crippen molar-refractivity contribution < 1.29 is 243 Å². The Morgan fingerprint density at radius 1 is 0.576 bits per heavy atom. The van der Waals surface area contributed by atoms with Gasteiger partial charge < -0.3 is 112 Å². The molecule has 514 valence electrons. The summed E-state index contributed by atoms with van der Waals surface area (Å²) in [4.78, 5) is 13.0. The molecule has 5 heterocycles. The third-order valence-corrected chi connectivity index (χ3v) is 22.2. The molecular formula is C53H83Na3O33S3. The van der Waals surface area contributed by atoms with E-state index in [9.17, 15) is 89.7 Å². The van der Waals surface area contributed by atoms with E-state index >= 15 is 0 Å². The maximum absolute atomic E-state index is 13.0. The van der Waals surface area contributed by atoms with Crippen LogP contribution in [0.2, 0.25) is 0 Å². The molecule has 5 aliphatic heterocycles. The maximum atomic E-state index is 13.0. The summed E-state index contributed by atoms with van der Waals surface area (Å²) in [6.45, 7) is 9.93. The van der Waals surface area contributed by atoms with Crippen molar-refractivity contribution in [2.24, 2.45) is 39.4 Å². The quantitative estimate of drug-likeness (QED) is 0.0237. The van der Waals surface area contributed by atoms with E-state index in [1.54, 1.807) is 6.92 Å². The Bertz CT molecular complexity index is 2890. The SMILES string of the molecule is CO[C@@H]1[C@@H](O)[C@H](O[C@@H]2[C@@H](O)[C@H](O[C@H]3[C@H](O)[C@@H](O[C@@H]4OC[C@@H](O)[C@H](O)[C@H]4O)[C@H](O[C@H]4[C@H](O[C@H]5CC[C@]6(C)[C@@H]7CC[C@]8(C)[C@@H](C(C)=O)CC[C@@]8(C)C7=CC[C@H]6C5(C)C)OC[C@@H](OS(=O)(=O)[O-])[C@@H]4O)O[C@@H]3C)O[C@H](COS(=O)(=O)[O-])[C@H]2O)O[C@H](COS(=O)(=O)[O-])[C@H]1O.[Na+].[Na+].[Na+]. The summed E-state index contributed by atoms with van der Waals surface area (Å²) in [6, 6.07) is 0. The first-order valence-electron chi connectivity index (χ1n) is 29.4. The maximum Gasteiger partial charge on any atom is 1.00 e. The molecule has 0 spiro atoms. The number of aliphatic hydroxyl groups excluding tert-OH is 9. The van der Waals surface area contributed by atoms with Crippen LogP contribution in [0.4, 0.5) is 0 Å². The zero-order valence-electron chi connectivity index (χ0n) is 53.0. The Kier molecular flexibility index (Phi) is 28.1. The Labute approximate surface area is 600 Å². The number of hydrogen-bond donors (Lipinski definition) is 9. The van der Waals surface area contributed by atoms with Gasteiger partial charge in [-0.2, -0.15) is 0 Å². The fraction of sp³-hybridized carbons (Fsp3) is 0.943. The number of allylic oxidation sites excluding steroid dienone is 2. The molecule has 8 fully saturated rings. The molecule has 0 aromatic heterocycles. The van der Waals surface area contributed by atoms with Crippen molar-refractivity contribution in [3.8, 4) is 0 Å². The second-order valence-electron chi connectivity index (χ2n) is 26.2. The van der Waals surface area contributed by atoms with Crippen LogP contribution in [0.25, 0.3) is 0 Å². The molecule has 3 saturated carbocycles. The molecule has 30 atom stereocenters. The molecular weight excluding hydrogens is 1330 g/mol. The molecule has 0 unspecified atom stereocenters. The van der Waals surface area contributed by atoms with Crippen molar-refractivity contribution in [2.45, 2.75) is 241 Å². The van der Waals surface area contributed by atoms with Crippen molar-refractivity contribution in [3.63, 3.8) is 0 Å². The predicted molar refractivity (Wildman–Crippen MR) is 286 cm³/mol. The van der Waals surface area contributed by atoms with Crippen LogP contribution in [0.1, 0.15) is 93.4 Å². The van der Waals surface area contributed by atoms with Crippen LogP contribution in [0.3, 0.4) is 0 Å². The zero-order chi connectivity index (χ0) is 65.6. The van der Waals surface area contributed by atoms with Gasteiger partial charge in [0.05, 0.1) is 38.6 Å². The first-order valence-corrected chi connectivity index (χ1v) is 33.4. The van der Waals surface area contributed by atoms with Crippen LogP contribution >= 0.6 is 0 Å². The van der Waals surface area contributed by atoms with Gasteiger partial charge in [0, 0.05) is 13.0 Å². The van der Waals surface area contributed by atoms with Crippen LogP contribution in [-0.2, 0) is 101 Å². The minimum atomic E-state index is -5.56. The average Bonchev–Trinajstić information content (AvgIpc) is 1.31. The monoisotopic (exact) mass is 1410 g/mol. The standard InChI is InChI=1S/C53H86O33S3.3Na/c1-21(54)23-11-15-53(7)25-9-10-30-50(3,4)31(13-14-51(30,5)24(25)12-16-52(23,53)6)81-48-43(35(59)29(18-75-48)86-89(70,71)72)85-49-44(84-45-36(60)32(56)26(55)17-74-45)37(61)40(22(2)78-49)82-47-39(63)42(34(58)28(80-47)20-77-88(67,68)69)83-46-38(62)41(73-8)33(57)27(79-46)19-76-87(64,65)66;;;/h9,22-24,26-49,55-63H,10-20H2,1-8H3,(H,64,65,66)(H,67,68,69)(H,70,71,72);;;/q;3*+1/p-3/t22-,23-,24-,26-,27-,28-,29-,30+,31+,32+,33-,34-,35+,36-,37+,38-,39-,40-,41+,42+,43-,44-,45+,46+,47+,48+,49+,51-,52-,53+;;;/m1.../s1. The molecule has 0 amide bonds. The van der Waals surface area contributed by atoms with E-state index in [4.69, 9.17) is 56.3 Å². The number of carbonyl (C=O) groups is 1. The van der Waals surface area contributed by atoms with Gasteiger partial charge in [0.25, 0.3) is 0 Å². The summed E-state index contributed by atoms with van der Waals surface area (Å²) in [5.41, 5.74) is 0.0763. The van der Waals surface area contributed by atoms with Gasteiger partial charge in [-0.05, 0) is 92.3 Å². The summed E-state index contributed by atoms with van der Waals surface area (Å²) < 4.78 is 184. The third-order valence-electron chi connectivity index (χ3n) is 20.9. The zero-order valence-corrected chi connectivity index (χ0v) is 61.4. The van der Waals surface area contributed by atoms with Gasteiger partial charge in [-0.15, -0.1) is 0 Å². The second kappa shape index (κ2) is 31.4. The van der Waals surface area contributed by atoms with Gasteiger partial charge in [0.15, 0.2) is 31.5 Å². The first-order chi connectivity index (χ1) is 41.2. The Morgan fingerprint density at radius 2 is 1.11 bits per heavy atom. The Hall–Kier alpha value is 1.22. The Morgan fingerprint density at radius 3 is 1.67 bits per heavy atom. The first kappa shape index (κ1) is 82.2. The van der Waals surface area contributed by atoms with Crippen LogP contribution in [0, 0.1) is 39.4 Å². The average molecular weight is 1410 g/mol. The van der Waals surface area contributed by atoms with Crippen molar-refractivity contribution in [2.75, 3.05) is 33.5 Å². The second-order valence-corrected chi connectivity index (χ2v) is 29.3. The summed E-state index contributed by atoms with van der Waals surface area (Å²) in [5, 5.41) is 102. The molecule has 0 aromatic carbocycles. The van der Waals surface area contributed by atoms with E-state index in [1.165, 1.54) is 12.5 Å². The minimum absolute atomic E-state index is 0. The third kappa shape index (κ3) is 16.8. The molecule has 9 N–H and O–H groups in total. The van der Waals surface area contributed by atoms with E-state index in [0.29, 0.717) is 19.3 Å². The minimum Gasteiger partial charge on any atom is -0.726 e. The van der Waals surface area contributed by atoms with E-state index in [-0.39, 0.29) is 128 Å². The number of fused-ring (bicyclic) bond motifs is 5. The number of Topliss-reactive ketones (excluding diaryl/α,β-unsaturated/α-hetero) is 1. The van der Waals surface area contributed by atoms with Crippen LogP contribution in [-0.4, -0.2) is 272 Å². The molecule has 9 rings (SSSR count). The van der Waals surface area contributed by atoms with Gasteiger partial charge in [-0.25, -0.2) is 25.3 Å². The normalized spacial score (nSPS) is 47.2. The fourth-order valence-corrected chi connectivity index (χ4v) is 17.1. The molecule has 4 aliphatic carbocycles. The topological polar surface area (TPSA) is 500 Å². The summed E-state index contributed by atoms with van der Waals surface area (Å²) in [5.74, 6) is 0.335. The van der Waals surface area contributed by atoms with E-state index in [1.807, 2.05) is 13.8 Å². The van der Waals surface area contributed by atoms with Crippen molar-refractivity contribution >= 4 is 37.0 Å². The number of rotatable bonds is 20. The number of aliphatic hydroxyl groups is 9. The Balaban J connectivity index is 0.00000448. The van der Waals surface area contributed by atoms with Gasteiger partial charge >= 0.3 is 88.7 Å². The largest absolute Gasteiger partial charge is 1.00 e. The number of carbonyl (C=O) groups excluding carboxylic acids is 1. The molecule has 39 heteroatoms. The summed E-state index contributed by atoms with van der Waals surface area (Å²) in [6.07, 6.45) is -39.1. The molecule has 33 nitrogen and oxygen atoms in total. The van der Waals surface area contributed by atoms with Crippen molar-refractivity contribution in [1.82, 2.24) is 0 Å². The van der Waals surface area contributed by atoms with Gasteiger partial charge in [0.1, 0.15) is 110 Å². The van der Waals surface area contributed by atoms with Crippen LogP contribution in [0.5, 0.6) is 0 Å². The predicted octanol–water partition coefficient (Wildman–Crippen LogP) is -12.9. The molecule has 0 radical (unpaired) electrons. The van der Waals surface area contributed by atoms with Gasteiger partial charge in [0.2, 0.25) is 31.2 Å². The van der Waals surface area contributed by atoms with E-state index in [0.717, 1.165) is 32.8 Å². The molecule has 9 aliphatic rings. The smallest absolute Gasteiger partial charge is 0.726 e. The fourth-order valence-electron chi connectivity index (χ4n) is 16.0. The van der Waals surface area contributed by atoms with Gasteiger partial charge in [-0.3, -0.25) is 17.3 Å². The van der Waals surface area contributed by atoms with Crippen molar-refractivity contribution in [1.29, 1.82) is 0 Å². The molecule has 5 saturated heterocycles. The van der Waals surface area contributed by atoms with E-state index in [2.05, 4.69) is 35.2 Å². The summed E-state index contributed by atoms with van der Waals surface area (Å²) in [7, 11) is -15.5. The number of ether oxygens (including phenoxy) is 11. The number of hydrogen-bond acceptors (Lipinski definition) is 33. The molecule has 0 aromatic rings. The van der Waals surface area contributed by atoms with Crippen LogP contribution < -0.4 is 88.7 Å². The number of methoxy groups -OCH3 is 1. The summed E-state index contributed by atoms with van der Waals surface area (Å²) >= 11 is 0. The van der Waals surface area contributed by atoms with Crippen LogP contribution in [0.15, 0.2) is 11.6 Å². The van der Waals surface area contributed by atoms with Crippen molar-refractivity contribution in [3.05, 3.63) is 11.6 Å². The number of ketones is 1. The molecule has 92 heavy (non-hydrogen) atoms. The van der Waals surface area contributed by atoms with Gasteiger partial charge in [-0.1, -0.05) is 46.3 Å². The van der Waals surface area contributed by atoms with E-state index < -0.39 is 210 Å².